The topological polar surface area (TPSA) is 132 Å². The van der Waals surface area contributed by atoms with Gasteiger partial charge in [-0.3, -0.25) is 14.4 Å². The molecular weight excluding hydrogens is 508 g/mol. The van der Waals surface area contributed by atoms with Crippen molar-refractivity contribution in [1.82, 2.24) is 4.98 Å². The molecule has 2 aromatic carbocycles. The predicted octanol–water partition coefficient (Wildman–Crippen LogP) is 5.91. The summed E-state index contributed by atoms with van der Waals surface area (Å²) in [6.07, 6.45) is 4.14. The number of likely N-dealkylation sites (N-methyl/N-ethyl adjacent to an activating group) is 2. The molecule has 206 valence electrons. The molecule has 10 heteroatoms. The van der Waals surface area contributed by atoms with Crippen molar-refractivity contribution in [1.29, 1.82) is 0 Å². The number of oxazole rings is 1. The molecule has 10 nitrogen and oxygen atoms in total. The number of carbonyl (C=O) groups excluding carboxylic acids is 3. The molecule has 2 amide bonds. The molecule has 0 saturated heterocycles. The van der Waals surface area contributed by atoms with E-state index in [0.29, 0.717) is 11.5 Å². The van der Waals surface area contributed by atoms with Gasteiger partial charge >= 0.3 is 0 Å². The molecule has 6 rings (SSSR count). The number of Topliss-reactive ketones (excluding diaryl/α,β-unsaturated/α-hetero) is 1. The van der Waals surface area contributed by atoms with Crippen LogP contribution in [0, 0.1) is 0 Å². The monoisotopic (exact) mass is 540 g/mol. The summed E-state index contributed by atoms with van der Waals surface area (Å²) in [5.41, 5.74) is 12.3. The molecule has 3 aromatic rings. The Morgan fingerprint density at radius 1 is 1.00 bits per heavy atom. The van der Waals surface area contributed by atoms with Gasteiger partial charge in [-0.15, -0.1) is 0 Å². The summed E-state index contributed by atoms with van der Waals surface area (Å²) < 4.78 is 5.85. The summed E-state index contributed by atoms with van der Waals surface area (Å²) in [5.74, 6) is 2.01. The Kier molecular flexibility index (Phi) is 6.54. The van der Waals surface area contributed by atoms with E-state index in [0.717, 1.165) is 39.7 Å². The van der Waals surface area contributed by atoms with Gasteiger partial charge in [0.25, 0.3) is 0 Å². The van der Waals surface area contributed by atoms with Crippen molar-refractivity contribution in [3.63, 3.8) is 0 Å². The van der Waals surface area contributed by atoms with E-state index in [4.69, 9.17) is 9.95 Å². The average molecular weight is 541 g/mol. The van der Waals surface area contributed by atoms with Crippen LogP contribution in [0.2, 0.25) is 0 Å². The average Bonchev–Trinajstić information content (AvgIpc) is 3.61. The van der Waals surface area contributed by atoms with Crippen LogP contribution in [0.5, 0.6) is 0 Å². The minimum Gasteiger partial charge on any atom is -0.440 e. The molecule has 3 aliphatic rings. The summed E-state index contributed by atoms with van der Waals surface area (Å²) in [5, 5.41) is 3.25. The van der Waals surface area contributed by atoms with Gasteiger partial charge in [-0.1, -0.05) is 29.4 Å². The fourth-order valence-electron chi connectivity index (χ4n) is 5.42. The summed E-state index contributed by atoms with van der Waals surface area (Å²) in [6, 6.07) is 11.2. The molecule has 0 spiro atoms. The van der Waals surface area contributed by atoms with E-state index in [9.17, 15) is 14.4 Å². The second-order valence-corrected chi connectivity index (χ2v) is 11.6. The Bertz CT molecular complexity index is 1590. The number of hydrogen-bond acceptors (Lipinski definition) is 6. The summed E-state index contributed by atoms with van der Waals surface area (Å²) in [7, 11) is 3.52. The molecule has 0 bridgehead atoms. The van der Waals surface area contributed by atoms with Crippen LogP contribution in [0.4, 0.5) is 11.4 Å². The van der Waals surface area contributed by atoms with Crippen molar-refractivity contribution in [3.05, 3.63) is 75.6 Å². The number of ketones is 1. The van der Waals surface area contributed by atoms with Crippen LogP contribution in [-0.2, 0) is 20.4 Å². The van der Waals surface area contributed by atoms with Crippen LogP contribution in [0.25, 0.3) is 21.8 Å². The zero-order valence-electron chi connectivity index (χ0n) is 23.6. The van der Waals surface area contributed by atoms with Gasteiger partial charge in [-0.25, -0.2) is 4.98 Å². The Morgan fingerprint density at radius 3 is 2.15 bits per heavy atom. The number of benzene rings is 2. The van der Waals surface area contributed by atoms with E-state index in [1.165, 1.54) is 12.8 Å². The number of anilines is 2. The van der Waals surface area contributed by atoms with E-state index < -0.39 is 10.8 Å². The van der Waals surface area contributed by atoms with Crippen LogP contribution in [0.15, 0.2) is 52.1 Å². The summed E-state index contributed by atoms with van der Waals surface area (Å²) in [4.78, 5) is 46.4. The molecule has 1 fully saturated rings. The highest BCUT2D eigenvalue weighted by molar-refractivity contribution is 6.09. The van der Waals surface area contributed by atoms with Crippen molar-refractivity contribution in [2.45, 2.75) is 57.3 Å². The Morgan fingerprint density at radius 2 is 1.57 bits per heavy atom. The third-order valence-corrected chi connectivity index (χ3v) is 8.08. The van der Waals surface area contributed by atoms with Crippen molar-refractivity contribution in [3.8, 4) is 11.3 Å². The van der Waals surface area contributed by atoms with Crippen molar-refractivity contribution >= 4 is 29.0 Å². The molecule has 3 heterocycles. The molecule has 0 N–H and O–H groups in total. The number of fused-ring (bicyclic) bond motifs is 2. The molecule has 2 aliphatic heterocycles. The van der Waals surface area contributed by atoms with Crippen LogP contribution in [-0.4, -0.2) is 43.2 Å². The first kappa shape index (κ1) is 27.1. The minimum absolute atomic E-state index is 0.00199. The molecule has 40 heavy (non-hydrogen) atoms. The smallest absolute Gasteiger partial charge is 0.236 e. The fourth-order valence-corrected chi connectivity index (χ4v) is 5.42. The lowest BCUT2D eigenvalue weighted by Gasteiger charge is -2.16. The minimum atomic E-state index is -0.573. The van der Waals surface area contributed by atoms with Gasteiger partial charge < -0.3 is 14.2 Å². The van der Waals surface area contributed by atoms with Crippen molar-refractivity contribution in [2.75, 3.05) is 30.4 Å². The maximum Gasteiger partial charge on any atom is 0.236 e. The SMILES string of the molecule is CN1C(=O)C(C)(C)c2ccc(-c3cnc(C4CC4)o3)cc21.CN1C(=O)C(C)(C)c2ccc(C(=O)CN=[N+]=[N-])cc21. The third-order valence-electron chi connectivity index (χ3n) is 8.08. The third kappa shape index (κ3) is 4.44. The van der Waals surface area contributed by atoms with Gasteiger partial charge in [-0.05, 0) is 69.3 Å². The van der Waals surface area contributed by atoms with Gasteiger partial charge in [0.05, 0.1) is 23.6 Å². The summed E-state index contributed by atoms with van der Waals surface area (Å²) in [6.45, 7) is 7.45. The molecule has 0 radical (unpaired) electrons. The number of aromatic nitrogens is 1. The Balaban J connectivity index is 0.000000162. The quantitative estimate of drug-likeness (QED) is 0.172. The number of carbonyl (C=O) groups is 3. The molecular formula is C30H32N6O4. The van der Waals surface area contributed by atoms with Gasteiger partial charge in [0.15, 0.2) is 17.4 Å². The van der Waals surface area contributed by atoms with Gasteiger partial charge in [0, 0.05) is 47.4 Å². The van der Waals surface area contributed by atoms with Gasteiger partial charge in [-0.2, -0.15) is 0 Å². The van der Waals surface area contributed by atoms with E-state index in [1.807, 2.05) is 52.9 Å². The predicted molar refractivity (Wildman–Crippen MR) is 152 cm³/mol. The van der Waals surface area contributed by atoms with Gasteiger partial charge in [0.1, 0.15) is 0 Å². The largest absolute Gasteiger partial charge is 0.440 e. The molecule has 1 saturated carbocycles. The number of nitrogens with zero attached hydrogens (tertiary/aromatic N) is 6. The Labute approximate surface area is 232 Å². The van der Waals surface area contributed by atoms with Crippen LogP contribution >= 0.6 is 0 Å². The Hall–Kier alpha value is -4.43. The van der Waals surface area contributed by atoms with Crippen LogP contribution in [0.3, 0.4) is 0 Å². The molecule has 0 unspecified atom stereocenters. The highest BCUT2D eigenvalue weighted by atomic mass is 16.4. The zero-order valence-corrected chi connectivity index (χ0v) is 23.6. The first-order chi connectivity index (χ1) is 18.9. The standard InChI is InChI=1S/C17H18N2O2.C13H14N4O2/c1-17(2)12-7-6-11(8-13(12)19(3)16(17)20)14-9-18-15(21-14)10-4-5-10;1-13(2)9-5-4-8(11(18)7-15-16-14)6-10(9)17(3)12(13)19/h6-10H,4-5H2,1-3H3;4-6H,7H2,1-3H3. The maximum absolute atomic E-state index is 12.3. The van der Waals surface area contributed by atoms with E-state index in [2.05, 4.69) is 15.0 Å². The zero-order chi connectivity index (χ0) is 29.0. The highest BCUT2D eigenvalue weighted by Gasteiger charge is 2.43. The number of azide groups is 1. The lowest BCUT2D eigenvalue weighted by Crippen LogP contribution is -2.33. The van der Waals surface area contributed by atoms with Gasteiger partial charge in [0.2, 0.25) is 11.8 Å². The van der Waals surface area contributed by atoms with E-state index in [1.54, 1.807) is 41.2 Å². The number of rotatable bonds is 5. The van der Waals surface area contributed by atoms with Crippen molar-refractivity contribution in [2.24, 2.45) is 5.11 Å². The fraction of sp³-hybridized carbons (Fsp3) is 0.400. The van der Waals surface area contributed by atoms with Crippen molar-refractivity contribution < 1.29 is 18.8 Å². The normalized spacial score (nSPS) is 18.1. The first-order valence-corrected chi connectivity index (χ1v) is 13.2. The molecule has 1 aromatic heterocycles. The van der Waals surface area contributed by atoms with E-state index >= 15 is 0 Å². The first-order valence-electron chi connectivity index (χ1n) is 13.2. The van der Waals surface area contributed by atoms with Crippen LogP contribution < -0.4 is 9.80 Å². The number of amides is 2. The lowest BCUT2D eigenvalue weighted by molar-refractivity contribution is -0.122. The molecule has 1 aliphatic carbocycles. The molecule has 0 atom stereocenters. The highest BCUT2D eigenvalue weighted by Crippen LogP contribution is 2.44. The second kappa shape index (κ2) is 9.64. The maximum atomic E-state index is 12.3. The number of hydrogen-bond donors (Lipinski definition) is 0. The van der Waals surface area contributed by atoms with E-state index in [-0.39, 0.29) is 24.1 Å². The lowest BCUT2D eigenvalue weighted by atomic mass is 9.85. The van der Waals surface area contributed by atoms with Crippen LogP contribution in [0.1, 0.15) is 73.8 Å². The summed E-state index contributed by atoms with van der Waals surface area (Å²) >= 11 is 0. The second-order valence-electron chi connectivity index (χ2n) is 11.6.